The van der Waals surface area contributed by atoms with Gasteiger partial charge in [0.1, 0.15) is 0 Å². The number of primary amides is 1. The van der Waals surface area contributed by atoms with Gasteiger partial charge in [-0.3, -0.25) is 9.69 Å². The molecule has 1 amide bonds. The molecule has 120 valence electrons. The van der Waals surface area contributed by atoms with Crippen molar-refractivity contribution in [3.63, 3.8) is 0 Å². The van der Waals surface area contributed by atoms with E-state index >= 15 is 0 Å². The van der Waals surface area contributed by atoms with Crippen LogP contribution in [-0.2, 0) is 4.79 Å². The van der Waals surface area contributed by atoms with Crippen LogP contribution >= 0.6 is 0 Å². The van der Waals surface area contributed by atoms with E-state index in [0.29, 0.717) is 12.6 Å². The number of likely N-dealkylation sites (tertiary alicyclic amines) is 1. The van der Waals surface area contributed by atoms with Gasteiger partial charge >= 0.3 is 0 Å². The number of hydrogen-bond acceptors (Lipinski definition) is 3. The van der Waals surface area contributed by atoms with Crippen LogP contribution in [0, 0.1) is 5.41 Å². The van der Waals surface area contributed by atoms with E-state index in [2.05, 4.69) is 10.2 Å². The van der Waals surface area contributed by atoms with Crippen molar-refractivity contribution in [3.05, 3.63) is 0 Å². The van der Waals surface area contributed by atoms with Gasteiger partial charge in [0.25, 0.3) is 0 Å². The molecule has 0 aromatic heterocycles. The van der Waals surface area contributed by atoms with Crippen molar-refractivity contribution in [2.75, 3.05) is 19.6 Å². The zero-order valence-corrected chi connectivity index (χ0v) is 13.3. The van der Waals surface area contributed by atoms with Crippen LogP contribution in [0.1, 0.15) is 64.2 Å². The van der Waals surface area contributed by atoms with E-state index < -0.39 is 0 Å². The Kier molecular flexibility index (Phi) is 4.85. The molecule has 0 bridgehead atoms. The lowest BCUT2D eigenvalue weighted by Crippen LogP contribution is -2.49. The zero-order chi connectivity index (χ0) is 14.7. The summed E-state index contributed by atoms with van der Waals surface area (Å²) in [5.74, 6) is -0.199. The molecule has 21 heavy (non-hydrogen) atoms. The predicted molar refractivity (Wildman–Crippen MR) is 84.9 cm³/mol. The van der Waals surface area contributed by atoms with Crippen LogP contribution in [0.15, 0.2) is 0 Å². The van der Waals surface area contributed by atoms with Gasteiger partial charge in [0.2, 0.25) is 5.91 Å². The molecule has 3 aliphatic rings. The topological polar surface area (TPSA) is 58.4 Å². The fraction of sp³-hybridized carbons (Fsp3) is 0.941. The minimum atomic E-state index is -0.199. The molecule has 3 rings (SSSR count). The van der Waals surface area contributed by atoms with Crippen LogP contribution in [0.3, 0.4) is 0 Å². The fourth-order valence-electron chi connectivity index (χ4n) is 4.83. The SMILES string of the molecule is NC(=O)CN1CCC(NC2CCC3(CCCC3)CC2)CC1. The predicted octanol–water partition coefficient (Wildman–Crippen LogP) is 2.03. The average Bonchev–Trinajstić information content (AvgIpc) is 2.92. The highest BCUT2D eigenvalue weighted by atomic mass is 16.1. The van der Waals surface area contributed by atoms with Crippen molar-refractivity contribution in [1.29, 1.82) is 0 Å². The Morgan fingerprint density at radius 1 is 1.00 bits per heavy atom. The minimum Gasteiger partial charge on any atom is -0.369 e. The number of nitrogens with one attached hydrogen (secondary N) is 1. The number of hydrogen-bond donors (Lipinski definition) is 2. The molecule has 3 fully saturated rings. The highest BCUT2D eigenvalue weighted by molar-refractivity contribution is 5.75. The lowest BCUT2D eigenvalue weighted by atomic mass is 9.71. The molecule has 1 heterocycles. The summed E-state index contributed by atoms with van der Waals surface area (Å²) in [6, 6.07) is 1.39. The number of carbonyl (C=O) groups excluding carboxylic acids is 1. The molecule has 1 spiro atoms. The Hall–Kier alpha value is -0.610. The number of amides is 1. The Bertz CT molecular complexity index is 347. The van der Waals surface area contributed by atoms with Crippen molar-refractivity contribution in [1.82, 2.24) is 10.2 Å². The molecule has 0 atom stereocenters. The first kappa shape index (κ1) is 15.3. The highest BCUT2D eigenvalue weighted by Gasteiger charge is 2.37. The molecular formula is C17H31N3O. The second kappa shape index (κ2) is 6.66. The third-order valence-corrected chi connectivity index (χ3v) is 6.15. The first-order valence-electron chi connectivity index (χ1n) is 8.92. The van der Waals surface area contributed by atoms with Crippen LogP contribution in [0.25, 0.3) is 0 Å². The molecular weight excluding hydrogens is 262 g/mol. The van der Waals surface area contributed by atoms with Gasteiger partial charge in [-0.05, 0) is 56.8 Å². The molecule has 1 saturated heterocycles. The van der Waals surface area contributed by atoms with Crippen molar-refractivity contribution in [3.8, 4) is 0 Å². The van der Waals surface area contributed by atoms with E-state index in [0.717, 1.165) is 37.4 Å². The van der Waals surface area contributed by atoms with Gasteiger partial charge in [0.05, 0.1) is 6.54 Å². The van der Waals surface area contributed by atoms with E-state index in [-0.39, 0.29) is 5.91 Å². The average molecular weight is 293 g/mol. The second-order valence-electron chi connectivity index (χ2n) is 7.66. The van der Waals surface area contributed by atoms with Crippen LogP contribution in [0.5, 0.6) is 0 Å². The number of nitrogens with two attached hydrogens (primary N) is 1. The minimum absolute atomic E-state index is 0.199. The molecule has 2 saturated carbocycles. The summed E-state index contributed by atoms with van der Waals surface area (Å²) in [5, 5.41) is 3.90. The normalized spacial score (nSPS) is 28.2. The molecule has 4 nitrogen and oxygen atoms in total. The largest absolute Gasteiger partial charge is 0.369 e. The molecule has 0 aromatic rings. The van der Waals surface area contributed by atoms with E-state index in [1.165, 1.54) is 51.4 Å². The van der Waals surface area contributed by atoms with E-state index in [9.17, 15) is 4.79 Å². The first-order valence-corrected chi connectivity index (χ1v) is 8.92. The van der Waals surface area contributed by atoms with E-state index in [1.54, 1.807) is 0 Å². The summed E-state index contributed by atoms with van der Waals surface area (Å²) in [7, 11) is 0. The Morgan fingerprint density at radius 2 is 1.57 bits per heavy atom. The number of rotatable bonds is 4. The maximum atomic E-state index is 11.0. The van der Waals surface area contributed by atoms with Gasteiger partial charge in [-0.2, -0.15) is 0 Å². The maximum Gasteiger partial charge on any atom is 0.231 e. The molecule has 0 radical (unpaired) electrons. The molecule has 2 aliphatic carbocycles. The Balaban J connectivity index is 1.37. The quantitative estimate of drug-likeness (QED) is 0.834. The lowest BCUT2D eigenvalue weighted by molar-refractivity contribution is -0.119. The summed E-state index contributed by atoms with van der Waals surface area (Å²) in [5.41, 5.74) is 6.01. The van der Waals surface area contributed by atoms with E-state index in [1.807, 2.05) is 0 Å². The first-order chi connectivity index (χ1) is 10.2. The van der Waals surface area contributed by atoms with Crippen molar-refractivity contribution < 1.29 is 4.79 Å². The summed E-state index contributed by atoms with van der Waals surface area (Å²) < 4.78 is 0. The van der Waals surface area contributed by atoms with Crippen molar-refractivity contribution >= 4 is 5.91 Å². The fourth-order valence-corrected chi connectivity index (χ4v) is 4.83. The summed E-state index contributed by atoms with van der Waals surface area (Å²) >= 11 is 0. The molecule has 0 aromatic carbocycles. The highest BCUT2D eigenvalue weighted by Crippen LogP contribution is 2.48. The van der Waals surface area contributed by atoms with Crippen molar-refractivity contribution in [2.24, 2.45) is 11.1 Å². The van der Waals surface area contributed by atoms with Crippen LogP contribution in [0.2, 0.25) is 0 Å². The van der Waals surface area contributed by atoms with Crippen molar-refractivity contribution in [2.45, 2.75) is 76.3 Å². The van der Waals surface area contributed by atoms with Gasteiger partial charge in [-0.15, -0.1) is 0 Å². The molecule has 3 N–H and O–H groups in total. The zero-order valence-electron chi connectivity index (χ0n) is 13.3. The van der Waals surface area contributed by atoms with Gasteiger partial charge in [0.15, 0.2) is 0 Å². The molecule has 4 heteroatoms. The van der Waals surface area contributed by atoms with Gasteiger partial charge in [-0.25, -0.2) is 0 Å². The van der Waals surface area contributed by atoms with Crippen LogP contribution in [-0.4, -0.2) is 42.5 Å². The Morgan fingerprint density at radius 3 is 2.14 bits per heavy atom. The van der Waals surface area contributed by atoms with Crippen LogP contribution in [0.4, 0.5) is 0 Å². The number of nitrogens with zero attached hydrogens (tertiary/aromatic N) is 1. The third-order valence-electron chi connectivity index (χ3n) is 6.15. The van der Waals surface area contributed by atoms with E-state index in [4.69, 9.17) is 5.73 Å². The third kappa shape index (κ3) is 3.98. The summed E-state index contributed by atoms with van der Waals surface area (Å²) in [6.45, 7) is 2.45. The maximum absolute atomic E-state index is 11.0. The van der Waals surface area contributed by atoms with Gasteiger partial charge < -0.3 is 11.1 Å². The molecule has 0 unspecified atom stereocenters. The smallest absolute Gasteiger partial charge is 0.231 e. The second-order valence-corrected chi connectivity index (χ2v) is 7.66. The summed E-state index contributed by atoms with van der Waals surface area (Å²) in [4.78, 5) is 13.1. The Labute approximate surface area is 128 Å². The van der Waals surface area contributed by atoms with Gasteiger partial charge in [-0.1, -0.05) is 12.8 Å². The standard InChI is InChI=1S/C17H31N3O/c18-16(21)13-20-11-5-15(6-12-20)19-14-3-9-17(10-4-14)7-1-2-8-17/h14-15,19H,1-13H2,(H2,18,21). The molecule has 1 aliphatic heterocycles. The van der Waals surface area contributed by atoms with Crippen LogP contribution < -0.4 is 11.1 Å². The number of piperidine rings is 1. The van der Waals surface area contributed by atoms with Gasteiger partial charge in [0, 0.05) is 25.2 Å². The number of carbonyl (C=O) groups is 1. The summed E-state index contributed by atoms with van der Waals surface area (Å²) in [6.07, 6.45) is 13.9. The monoisotopic (exact) mass is 293 g/mol. The lowest BCUT2D eigenvalue weighted by Gasteiger charge is -2.40.